The average molecular weight is 589 g/mol. The van der Waals surface area contributed by atoms with E-state index in [1.54, 1.807) is 27.7 Å². The van der Waals surface area contributed by atoms with Crippen LogP contribution in [0.5, 0.6) is 0 Å². The molecule has 2 N–H and O–H groups in total. The quantitative estimate of drug-likeness (QED) is 0.214. The summed E-state index contributed by atoms with van der Waals surface area (Å²) < 4.78 is 16.0. The summed E-state index contributed by atoms with van der Waals surface area (Å²) >= 11 is 0. The molecule has 42 heavy (non-hydrogen) atoms. The number of ether oxygens (including phenoxy) is 3. The van der Waals surface area contributed by atoms with E-state index < -0.39 is 47.7 Å². The Morgan fingerprint density at radius 3 is 2.48 bits per heavy atom. The number of hydrogen-bond donors (Lipinski definition) is 2. The molecule has 12 heteroatoms. The zero-order valence-electron chi connectivity index (χ0n) is 25.1. The lowest BCUT2D eigenvalue weighted by Crippen LogP contribution is -2.63. The molecule has 0 saturated carbocycles. The summed E-state index contributed by atoms with van der Waals surface area (Å²) in [5.74, 6) is -1.77. The van der Waals surface area contributed by atoms with Crippen molar-refractivity contribution in [3.63, 3.8) is 0 Å². The highest BCUT2D eigenvalue weighted by atomic mass is 16.6. The molecule has 2 fully saturated rings. The molecule has 2 aliphatic rings. The Balaban J connectivity index is 1.58. The monoisotopic (exact) mass is 588 g/mol. The number of nitrogens with zero attached hydrogens (tertiary/aromatic N) is 2. The van der Waals surface area contributed by atoms with Crippen LogP contribution in [0.15, 0.2) is 30.3 Å². The molecule has 0 aromatic heterocycles. The van der Waals surface area contributed by atoms with E-state index in [0.717, 1.165) is 5.56 Å². The molecule has 12 nitrogen and oxygen atoms in total. The fourth-order valence-electron chi connectivity index (χ4n) is 4.97. The molecule has 3 atom stereocenters. The van der Waals surface area contributed by atoms with Crippen molar-refractivity contribution in [1.82, 2.24) is 20.7 Å². The molecule has 0 aliphatic carbocycles. The van der Waals surface area contributed by atoms with Crippen LogP contribution in [0.25, 0.3) is 0 Å². The molecule has 2 aliphatic heterocycles. The fourth-order valence-corrected chi connectivity index (χ4v) is 4.97. The van der Waals surface area contributed by atoms with Gasteiger partial charge in [-0.2, -0.15) is 0 Å². The number of esters is 2. The molecule has 0 radical (unpaired) electrons. The molecule has 3 rings (SSSR count). The van der Waals surface area contributed by atoms with Gasteiger partial charge in [-0.15, -0.1) is 0 Å². The zero-order chi connectivity index (χ0) is 30.7. The largest absolute Gasteiger partial charge is 0.465 e. The summed E-state index contributed by atoms with van der Waals surface area (Å²) in [5, 5.41) is 8.41. The van der Waals surface area contributed by atoms with Gasteiger partial charge in [0.15, 0.2) is 6.04 Å². The van der Waals surface area contributed by atoms with E-state index in [0.29, 0.717) is 45.2 Å². The van der Waals surface area contributed by atoms with Crippen molar-refractivity contribution >= 4 is 29.8 Å². The van der Waals surface area contributed by atoms with Crippen molar-refractivity contribution in [2.45, 2.75) is 103 Å². The van der Waals surface area contributed by atoms with E-state index in [4.69, 9.17) is 14.2 Å². The van der Waals surface area contributed by atoms with E-state index in [-0.39, 0.29) is 32.0 Å². The van der Waals surface area contributed by atoms with E-state index in [1.165, 1.54) is 10.0 Å². The maximum Gasteiger partial charge on any atom is 0.407 e. The Hall–Kier alpha value is -3.67. The maximum absolute atomic E-state index is 13.8. The standard InChI is InChI=1S/C30H44N4O8/c1-5-40-27(37)23(14-9-10-18-31-29(39)41-20-21-12-7-6-8-13-21)32-22-16-17-25(35)33-19-11-15-24(34(33)26(22)36)28(38)42-30(2,3)4/h6-8,12-13,22-24,32H,5,9-11,14-20H2,1-4H3,(H,31,39)/t22-,23+,24-/m0/s1. The van der Waals surface area contributed by atoms with Gasteiger partial charge in [-0.25, -0.2) is 14.6 Å². The van der Waals surface area contributed by atoms with Crippen LogP contribution in [-0.4, -0.2) is 83.3 Å². The van der Waals surface area contributed by atoms with E-state index in [9.17, 15) is 24.0 Å². The number of rotatable bonds is 12. The van der Waals surface area contributed by atoms with Crippen molar-refractivity contribution in [3.05, 3.63) is 35.9 Å². The van der Waals surface area contributed by atoms with Crippen molar-refractivity contribution in [3.8, 4) is 0 Å². The number of hydrogen-bond acceptors (Lipinski definition) is 9. The minimum Gasteiger partial charge on any atom is -0.465 e. The highest BCUT2D eigenvalue weighted by Crippen LogP contribution is 2.27. The Morgan fingerprint density at radius 1 is 1.05 bits per heavy atom. The third-order valence-electron chi connectivity index (χ3n) is 6.92. The smallest absolute Gasteiger partial charge is 0.407 e. The van der Waals surface area contributed by atoms with Crippen LogP contribution in [0.3, 0.4) is 0 Å². The minimum absolute atomic E-state index is 0.0888. The second-order valence-corrected chi connectivity index (χ2v) is 11.4. The summed E-state index contributed by atoms with van der Waals surface area (Å²) in [4.78, 5) is 64.6. The third kappa shape index (κ3) is 9.71. The Labute approximate surface area is 247 Å². The zero-order valence-corrected chi connectivity index (χ0v) is 25.1. The van der Waals surface area contributed by atoms with Gasteiger partial charge in [0.2, 0.25) is 5.91 Å². The highest BCUT2D eigenvalue weighted by Gasteiger charge is 2.46. The number of fused-ring (bicyclic) bond motifs is 1. The predicted octanol–water partition coefficient (Wildman–Crippen LogP) is 2.84. The molecule has 2 heterocycles. The number of alkyl carbamates (subject to hydrolysis) is 1. The van der Waals surface area contributed by atoms with Crippen LogP contribution < -0.4 is 10.6 Å². The minimum atomic E-state index is -0.925. The Morgan fingerprint density at radius 2 is 1.79 bits per heavy atom. The first-order valence-corrected chi connectivity index (χ1v) is 14.7. The second kappa shape index (κ2) is 15.5. The van der Waals surface area contributed by atoms with Gasteiger partial charge in [0.25, 0.3) is 5.91 Å². The number of benzene rings is 1. The second-order valence-electron chi connectivity index (χ2n) is 11.4. The number of amides is 3. The van der Waals surface area contributed by atoms with Crippen LogP contribution in [0.1, 0.15) is 78.2 Å². The number of unbranched alkanes of at least 4 members (excludes halogenated alkanes) is 1. The summed E-state index contributed by atoms with van der Waals surface area (Å²) in [6.45, 7) is 7.97. The molecule has 3 amide bonds. The predicted molar refractivity (Wildman–Crippen MR) is 152 cm³/mol. The third-order valence-corrected chi connectivity index (χ3v) is 6.92. The molecule has 2 saturated heterocycles. The van der Waals surface area contributed by atoms with Gasteiger partial charge in [0, 0.05) is 19.5 Å². The van der Waals surface area contributed by atoms with Gasteiger partial charge in [-0.05, 0) is 71.8 Å². The number of carbonyl (C=O) groups excluding carboxylic acids is 5. The van der Waals surface area contributed by atoms with Gasteiger partial charge in [0.1, 0.15) is 18.2 Å². The molecule has 232 valence electrons. The van der Waals surface area contributed by atoms with Gasteiger partial charge >= 0.3 is 18.0 Å². The number of hydrazine groups is 1. The first-order chi connectivity index (χ1) is 20.0. The van der Waals surface area contributed by atoms with Gasteiger partial charge < -0.3 is 19.5 Å². The maximum atomic E-state index is 13.8. The topological polar surface area (TPSA) is 144 Å². The molecule has 1 aromatic carbocycles. The van der Waals surface area contributed by atoms with E-state index >= 15 is 0 Å². The molecule has 1 aromatic rings. The number of nitrogens with one attached hydrogen (secondary N) is 2. The average Bonchev–Trinajstić information content (AvgIpc) is 3.07. The Kier molecular flexibility index (Phi) is 12.1. The first-order valence-electron chi connectivity index (χ1n) is 14.7. The van der Waals surface area contributed by atoms with Crippen LogP contribution in [0.4, 0.5) is 4.79 Å². The molecular formula is C30H44N4O8. The summed E-state index contributed by atoms with van der Waals surface area (Å²) in [7, 11) is 0. The SMILES string of the molecule is CCOC(=O)[C@@H](CCCCNC(=O)OCc1ccccc1)N[C@H]1CCC(=O)N2CCC[C@@H](C(=O)OC(C)(C)C)N2C1=O. The van der Waals surface area contributed by atoms with E-state index in [2.05, 4.69) is 10.6 Å². The van der Waals surface area contributed by atoms with Crippen LogP contribution in [0.2, 0.25) is 0 Å². The lowest BCUT2D eigenvalue weighted by atomic mass is 10.0. The van der Waals surface area contributed by atoms with Crippen molar-refractivity contribution < 1.29 is 38.2 Å². The van der Waals surface area contributed by atoms with Crippen molar-refractivity contribution in [1.29, 1.82) is 0 Å². The molecular weight excluding hydrogens is 544 g/mol. The van der Waals surface area contributed by atoms with Crippen LogP contribution >= 0.6 is 0 Å². The van der Waals surface area contributed by atoms with Crippen molar-refractivity contribution in [2.24, 2.45) is 0 Å². The summed E-state index contributed by atoms with van der Waals surface area (Å²) in [6.07, 6.45) is 2.13. The normalized spacial score (nSPS) is 19.8. The lowest BCUT2D eigenvalue weighted by Gasteiger charge is -2.43. The highest BCUT2D eigenvalue weighted by molar-refractivity contribution is 5.92. The van der Waals surface area contributed by atoms with Gasteiger partial charge in [-0.3, -0.25) is 24.7 Å². The van der Waals surface area contributed by atoms with Gasteiger partial charge in [-0.1, -0.05) is 30.3 Å². The summed E-state index contributed by atoms with van der Waals surface area (Å²) in [5.41, 5.74) is 0.133. The van der Waals surface area contributed by atoms with E-state index in [1.807, 2.05) is 30.3 Å². The van der Waals surface area contributed by atoms with Crippen LogP contribution in [0, 0.1) is 0 Å². The van der Waals surface area contributed by atoms with Gasteiger partial charge in [0.05, 0.1) is 12.6 Å². The lowest BCUT2D eigenvalue weighted by molar-refractivity contribution is -0.188. The summed E-state index contributed by atoms with van der Waals surface area (Å²) in [6, 6.07) is 6.75. The van der Waals surface area contributed by atoms with Crippen LogP contribution in [-0.2, 0) is 40.0 Å². The number of carbonyl (C=O) groups is 5. The molecule has 0 bridgehead atoms. The molecule has 0 unspecified atom stereocenters. The Bertz CT molecular complexity index is 1090. The first kappa shape index (κ1) is 32.8. The molecule has 0 spiro atoms. The fraction of sp³-hybridized carbons (Fsp3) is 0.633. The van der Waals surface area contributed by atoms with Crippen molar-refractivity contribution in [2.75, 3.05) is 19.7 Å².